The minimum absolute atomic E-state index is 0.000860. The molecule has 2 N–H and O–H groups in total. The highest BCUT2D eigenvalue weighted by atomic mass is 16.3. The van der Waals surface area contributed by atoms with Crippen LogP contribution in [0.1, 0.15) is 44.6 Å². The minimum atomic E-state index is -0.468. The van der Waals surface area contributed by atoms with Gasteiger partial charge in [-0.2, -0.15) is 0 Å². The summed E-state index contributed by atoms with van der Waals surface area (Å²) in [5, 5.41) is 10.6. The largest absolute Gasteiger partial charge is 0.389 e. The Kier molecular flexibility index (Phi) is 3.77. The predicted octanol–water partition coefficient (Wildman–Crippen LogP) is 2.27. The first-order chi connectivity index (χ1) is 11.1. The Morgan fingerprint density at radius 2 is 1.87 bits per heavy atom. The highest BCUT2D eigenvalue weighted by molar-refractivity contribution is 5.75. The van der Waals surface area contributed by atoms with E-state index in [2.05, 4.69) is 9.88 Å². The number of fused-ring (bicyclic) bond motifs is 1. The third kappa shape index (κ3) is 2.83. The van der Waals surface area contributed by atoms with Gasteiger partial charge in [-0.15, -0.1) is 0 Å². The van der Waals surface area contributed by atoms with Crippen LogP contribution in [0.3, 0.4) is 0 Å². The summed E-state index contributed by atoms with van der Waals surface area (Å²) in [6, 6.07) is 8.16. The second-order valence-corrected chi connectivity index (χ2v) is 7.26. The molecule has 0 radical (unpaired) electrons. The van der Waals surface area contributed by atoms with Crippen LogP contribution in [0, 0.1) is 0 Å². The standard InChI is InChI=1S/C18H25N3O2/c22-17-19-15-5-1-2-6-16(15)21(17)14-7-11-20(12-8-14)13-18(23)9-3-4-10-18/h1-2,5-6,14,23H,3-4,7-13H2,(H,19,22). The first-order valence-electron chi connectivity index (χ1n) is 8.79. The second-order valence-electron chi connectivity index (χ2n) is 7.26. The Balaban J connectivity index is 1.47. The number of piperidine rings is 1. The third-order valence-corrected chi connectivity index (χ3v) is 5.60. The van der Waals surface area contributed by atoms with E-state index in [0.29, 0.717) is 0 Å². The van der Waals surface area contributed by atoms with Crippen LogP contribution in [-0.4, -0.2) is 44.8 Å². The number of H-pyrrole nitrogens is 1. The summed E-state index contributed by atoms with van der Waals surface area (Å²) >= 11 is 0. The molecule has 1 aromatic carbocycles. The normalized spacial score (nSPS) is 22.8. The fourth-order valence-electron chi connectivity index (χ4n) is 4.38. The summed E-state index contributed by atoms with van der Waals surface area (Å²) in [5.74, 6) is 0. The van der Waals surface area contributed by atoms with Gasteiger partial charge in [-0.3, -0.25) is 4.57 Å². The van der Waals surface area contributed by atoms with Crippen molar-refractivity contribution in [2.24, 2.45) is 0 Å². The molecule has 1 aromatic heterocycles. The molecule has 124 valence electrons. The Morgan fingerprint density at radius 1 is 1.17 bits per heavy atom. The number of hydrogen-bond donors (Lipinski definition) is 2. The number of nitrogens with one attached hydrogen (secondary N) is 1. The van der Waals surface area contributed by atoms with E-state index in [1.165, 1.54) is 0 Å². The van der Waals surface area contributed by atoms with E-state index in [0.717, 1.165) is 69.2 Å². The number of β-amino-alcohol motifs (C(OH)–C–C–N with tert-alkyl or cyclic N) is 1. The van der Waals surface area contributed by atoms with E-state index in [-0.39, 0.29) is 11.7 Å². The Hall–Kier alpha value is -1.59. The van der Waals surface area contributed by atoms with Crippen LogP contribution in [-0.2, 0) is 0 Å². The van der Waals surface area contributed by atoms with Crippen LogP contribution in [0.4, 0.5) is 0 Å². The molecule has 0 bridgehead atoms. The number of aromatic amines is 1. The van der Waals surface area contributed by atoms with Gasteiger partial charge in [0.15, 0.2) is 0 Å². The molecule has 1 saturated carbocycles. The molecule has 2 aromatic rings. The number of likely N-dealkylation sites (tertiary alicyclic amines) is 1. The molecule has 4 rings (SSSR count). The number of rotatable bonds is 3. The van der Waals surface area contributed by atoms with E-state index < -0.39 is 5.60 Å². The molecule has 0 amide bonds. The van der Waals surface area contributed by atoms with Crippen molar-refractivity contribution in [2.45, 2.75) is 50.2 Å². The maximum absolute atomic E-state index is 12.3. The maximum Gasteiger partial charge on any atom is 0.326 e. The van der Waals surface area contributed by atoms with Crippen molar-refractivity contribution >= 4 is 11.0 Å². The van der Waals surface area contributed by atoms with Crippen LogP contribution in [0.25, 0.3) is 11.0 Å². The molecule has 0 atom stereocenters. The van der Waals surface area contributed by atoms with Crippen molar-refractivity contribution in [1.29, 1.82) is 0 Å². The molecule has 2 heterocycles. The molecule has 1 aliphatic heterocycles. The summed E-state index contributed by atoms with van der Waals surface area (Å²) < 4.78 is 1.93. The summed E-state index contributed by atoms with van der Waals surface area (Å²) in [7, 11) is 0. The van der Waals surface area contributed by atoms with Gasteiger partial charge >= 0.3 is 5.69 Å². The van der Waals surface area contributed by atoms with Gasteiger partial charge in [-0.1, -0.05) is 25.0 Å². The number of para-hydroxylation sites is 2. The fraction of sp³-hybridized carbons (Fsp3) is 0.611. The first-order valence-corrected chi connectivity index (χ1v) is 8.79. The second kappa shape index (κ2) is 5.80. The van der Waals surface area contributed by atoms with E-state index in [1.54, 1.807) is 0 Å². The van der Waals surface area contributed by atoms with Crippen LogP contribution >= 0.6 is 0 Å². The zero-order valence-corrected chi connectivity index (χ0v) is 13.5. The fourth-order valence-corrected chi connectivity index (χ4v) is 4.38. The minimum Gasteiger partial charge on any atom is -0.389 e. The van der Waals surface area contributed by atoms with Gasteiger partial charge in [-0.05, 0) is 37.8 Å². The van der Waals surface area contributed by atoms with Crippen LogP contribution in [0.5, 0.6) is 0 Å². The summed E-state index contributed by atoms with van der Waals surface area (Å²) in [5.41, 5.74) is 1.45. The van der Waals surface area contributed by atoms with Crippen LogP contribution in [0.2, 0.25) is 0 Å². The number of hydrogen-bond acceptors (Lipinski definition) is 3. The smallest absolute Gasteiger partial charge is 0.326 e. The first kappa shape index (κ1) is 15.0. The molecule has 5 nitrogen and oxygen atoms in total. The average Bonchev–Trinajstić information content (AvgIpc) is 3.11. The Bertz CT molecular complexity index is 734. The summed E-state index contributed by atoms with van der Waals surface area (Å²) in [6.07, 6.45) is 6.12. The van der Waals surface area contributed by atoms with E-state index >= 15 is 0 Å². The molecular formula is C18H25N3O2. The molecule has 1 saturated heterocycles. The molecular weight excluding hydrogens is 290 g/mol. The predicted molar refractivity (Wildman–Crippen MR) is 90.7 cm³/mol. The SMILES string of the molecule is O=c1[nH]c2ccccc2n1C1CCN(CC2(O)CCCC2)CC1. The lowest BCUT2D eigenvalue weighted by molar-refractivity contribution is 0.000814. The van der Waals surface area contributed by atoms with Gasteiger partial charge in [0, 0.05) is 25.7 Å². The molecule has 1 aliphatic carbocycles. The summed E-state index contributed by atoms with van der Waals surface area (Å²) in [4.78, 5) is 17.6. The Morgan fingerprint density at radius 3 is 2.61 bits per heavy atom. The van der Waals surface area contributed by atoms with E-state index in [4.69, 9.17) is 0 Å². The molecule has 0 spiro atoms. The van der Waals surface area contributed by atoms with E-state index in [9.17, 15) is 9.90 Å². The molecule has 0 unspecified atom stereocenters. The number of benzene rings is 1. The number of nitrogens with zero attached hydrogens (tertiary/aromatic N) is 2. The summed E-state index contributed by atoms with van der Waals surface area (Å²) in [6.45, 7) is 2.71. The van der Waals surface area contributed by atoms with Gasteiger partial charge in [0.25, 0.3) is 0 Å². The molecule has 23 heavy (non-hydrogen) atoms. The highest BCUT2D eigenvalue weighted by Gasteiger charge is 2.34. The van der Waals surface area contributed by atoms with E-state index in [1.807, 2.05) is 28.8 Å². The quantitative estimate of drug-likeness (QED) is 0.913. The maximum atomic E-state index is 12.3. The lowest BCUT2D eigenvalue weighted by Gasteiger charge is -2.36. The van der Waals surface area contributed by atoms with Crippen molar-refractivity contribution in [1.82, 2.24) is 14.5 Å². The average molecular weight is 315 g/mol. The number of imidazole rings is 1. The van der Waals surface area contributed by atoms with Gasteiger partial charge in [0.2, 0.25) is 0 Å². The van der Waals surface area contributed by atoms with Crippen molar-refractivity contribution in [3.05, 3.63) is 34.7 Å². The topological polar surface area (TPSA) is 61.3 Å². The van der Waals surface area contributed by atoms with Gasteiger partial charge in [0.1, 0.15) is 0 Å². The molecule has 5 heteroatoms. The molecule has 2 aliphatic rings. The zero-order valence-electron chi connectivity index (χ0n) is 13.5. The zero-order chi connectivity index (χ0) is 15.9. The third-order valence-electron chi connectivity index (χ3n) is 5.60. The van der Waals surface area contributed by atoms with Crippen LogP contribution in [0.15, 0.2) is 29.1 Å². The van der Waals surface area contributed by atoms with Crippen molar-refractivity contribution < 1.29 is 5.11 Å². The lowest BCUT2D eigenvalue weighted by atomic mass is 9.98. The lowest BCUT2D eigenvalue weighted by Crippen LogP contribution is -2.45. The van der Waals surface area contributed by atoms with Gasteiger partial charge in [-0.25, -0.2) is 4.79 Å². The van der Waals surface area contributed by atoms with Crippen molar-refractivity contribution in [3.8, 4) is 0 Å². The van der Waals surface area contributed by atoms with Gasteiger partial charge in [0.05, 0.1) is 16.6 Å². The number of aliphatic hydroxyl groups is 1. The monoisotopic (exact) mass is 315 g/mol. The van der Waals surface area contributed by atoms with Crippen molar-refractivity contribution in [3.63, 3.8) is 0 Å². The van der Waals surface area contributed by atoms with Crippen molar-refractivity contribution in [2.75, 3.05) is 19.6 Å². The van der Waals surface area contributed by atoms with Crippen LogP contribution < -0.4 is 5.69 Å². The number of aromatic nitrogens is 2. The molecule has 2 fully saturated rings. The highest BCUT2D eigenvalue weighted by Crippen LogP contribution is 2.32. The Labute approximate surface area is 135 Å². The van der Waals surface area contributed by atoms with Gasteiger partial charge < -0.3 is 15.0 Å².